The number of ether oxygens (including phenoxy) is 1. The molecule has 1 amide bonds. The molecule has 2 heterocycles. The topological polar surface area (TPSA) is 84.8 Å². The lowest BCUT2D eigenvalue weighted by Crippen LogP contribution is -2.43. The summed E-state index contributed by atoms with van der Waals surface area (Å²) in [5, 5.41) is 0. The highest BCUT2D eigenvalue weighted by atomic mass is 16.5. The highest BCUT2D eigenvalue weighted by Crippen LogP contribution is 2.29. The van der Waals surface area contributed by atoms with Gasteiger partial charge in [-0.25, -0.2) is 0 Å². The molecule has 1 saturated heterocycles. The Labute approximate surface area is 136 Å². The zero-order valence-corrected chi connectivity index (χ0v) is 13.3. The number of primary amides is 1. The van der Waals surface area contributed by atoms with Crippen molar-refractivity contribution in [1.29, 1.82) is 0 Å². The summed E-state index contributed by atoms with van der Waals surface area (Å²) in [6, 6.07) is 6.02. The molecule has 2 aliphatic heterocycles. The summed E-state index contributed by atoms with van der Waals surface area (Å²) in [7, 11) is 0. The molecule has 0 spiro atoms. The predicted octanol–water partition coefficient (Wildman–Crippen LogP) is 0.983. The van der Waals surface area contributed by atoms with Crippen LogP contribution in [0, 0.1) is 6.92 Å². The van der Waals surface area contributed by atoms with Crippen molar-refractivity contribution in [3.8, 4) is 0 Å². The van der Waals surface area contributed by atoms with Gasteiger partial charge >= 0.3 is 0 Å². The third-order valence-corrected chi connectivity index (χ3v) is 4.25. The van der Waals surface area contributed by atoms with Gasteiger partial charge in [0.1, 0.15) is 5.82 Å². The number of hydrogen-bond acceptors (Lipinski definition) is 5. The minimum atomic E-state index is -0.404. The van der Waals surface area contributed by atoms with Crippen molar-refractivity contribution >= 4 is 17.3 Å². The summed E-state index contributed by atoms with van der Waals surface area (Å²) in [4.78, 5) is 15.9. The van der Waals surface area contributed by atoms with E-state index in [1.54, 1.807) is 0 Å². The molecule has 0 saturated carbocycles. The molecule has 4 N–H and O–H groups in total. The highest BCUT2D eigenvalue weighted by molar-refractivity contribution is 5.95. The quantitative estimate of drug-likeness (QED) is 0.813. The van der Waals surface area contributed by atoms with Crippen LogP contribution in [0.15, 0.2) is 41.7 Å². The molecule has 0 aliphatic carbocycles. The molecule has 6 nitrogen and oxygen atoms in total. The fourth-order valence-electron chi connectivity index (χ4n) is 2.82. The normalized spacial score (nSPS) is 18.5. The van der Waals surface area contributed by atoms with Crippen LogP contribution in [0.1, 0.15) is 5.56 Å². The van der Waals surface area contributed by atoms with Crippen molar-refractivity contribution in [3.05, 3.63) is 47.3 Å². The van der Waals surface area contributed by atoms with E-state index in [1.807, 2.05) is 37.3 Å². The summed E-state index contributed by atoms with van der Waals surface area (Å²) in [5.41, 5.74) is 14.9. The molecule has 0 radical (unpaired) electrons. The van der Waals surface area contributed by atoms with E-state index in [-0.39, 0.29) is 0 Å². The Morgan fingerprint density at radius 2 is 2.00 bits per heavy atom. The molecule has 2 aliphatic rings. The average molecular weight is 314 g/mol. The van der Waals surface area contributed by atoms with Gasteiger partial charge in [-0.1, -0.05) is 12.1 Å². The molecule has 6 heteroatoms. The minimum absolute atomic E-state index is 0.404. The monoisotopic (exact) mass is 314 g/mol. The van der Waals surface area contributed by atoms with E-state index in [0.29, 0.717) is 25.3 Å². The maximum Gasteiger partial charge on any atom is 0.248 e. The van der Waals surface area contributed by atoms with Crippen LogP contribution in [-0.2, 0) is 9.53 Å². The van der Waals surface area contributed by atoms with Crippen LogP contribution in [0.4, 0.5) is 11.4 Å². The predicted molar refractivity (Wildman–Crippen MR) is 90.7 cm³/mol. The maximum absolute atomic E-state index is 11.6. The van der Waals surface area contributed by atoms with Gasteiger partial charge < -0.3 is 26.0 Å². The third-order valence-electron chi connectivity index (χ3n) is 4.25. The number of carbonyl (C=O) groups excluding carboxylic acids is 1. The van der Waals surface area contributed by atoms with Crippen molar-refractivity contribution in [3.63, 3.8) is 0 Å². The number of benzene rings is 1. The zero-order valence-electron chi connectivity index (χ0n) is 13.3. The molecule has 1 fully saturated rings. The molecular weight excluding hydrogens is 292 g/mol. The first-order chi connectivity index (χ1) is 11.1. The number of rotatable bonds is 3. The number of hydrogen-bond donors (Lipinski definition) is 2. The number of nitrogens with zero attached hydrogens (tertiary/aromatic N) is 2. The second kappa shape index (κ2) is 6.34. The standard InChI is InChI=1S/C17H22N4O2/c1-12-2-3-14(11-15(12)18)21-5-4-13(17(19)22)10-16(21)20-6-8-23-9-7-20/h2-4,10-11H,5-9,18H2,1H3,(H2,19,22). The van der Waals surface area contributed by atoms with Crippen LogP contribution in [0.2, 0.25) is 0 Å². The van der Waals surface area contributed by atoms with Gasteiger partial charge in [0, 0.05) is 36.6 Å². The van der Waals surface area contributed by atoms with Gasteiger partial charge in [0.05, 0.1) is 13.2 Å². The fourth-order valence-corrected chi connectivity index (χ4v) is 2.82. The lowest BCUT2D eigenvalue weighted by atomic mass is 10.1. The second-order valence-corrected chi connectivity index (χ2v) is 5.78. The van der Waals surface area contributed by atoms with Crippen LogP contribution in [-0.4, -0.2) is 43.7 Å². The largest absolute Gasteiger partial charge is 0.398 e. The molecule has 3 rings (SSSR count). The molecule has 122 valence electrons. The summed E-state index contributed by atoms with van der Waals surface area (Å²) in [6.07, 6.45) is 3.70. The van der Waals surface area contributed by atoms with E-state index in [1.165, 1.54) is 0 Å². The van der Waals surface area contributed by atoms with E-state index in [0.717, 1.165) is 35.8 Å². The zero-order chi connectivity index (χ0) is 16.4. The molecular formula is C17H22N4O2. The van der Waals surface area contributed by atoms with Gasteiger partial charge in [0.25, 0.3) is 0 Å². The smallest absolute Gasteiger partial charge is 0.248 e. The fraction of sp³-hybridized carbons (Fsp3) is 0.353. The molecule has 23 heavy (non-hydrogen) atoms. The van der Waals surface area contributed by atoms with Gasteiger partial charge in [-0.2, -0.15) is 0 Å². The average Bonchev–Trinajstić information content (AvgIpc) is 2.57. The molecule has 1 aromatic carbocycles. The van der Waals surface area contributed by atoms with Crippen molar-refractivity contribution in [1.82, 2.24) is 4.90 Å². The van der Waals surface area contributed by atoms with Crippen LogP contribution in [0.5, 0.6) is 0 Å². The Morgan fingerprint density at radius 1 is 1.26 bits per heavy atom. The van der Waals surface area contributed by atoms with Gasteiger partial charge in [-0.05, 0) is 30.7 Å². The van der Waals surface area contributed by atoms with Crippen molar-refractivity contribution in [2.24, 2.45) is 5.73 Å². The molecule has 0 aromatic heterocycles. The number of carbonyl (C=O) groups is 1. The highest BCUT2D eigenvalue weighted by Gasteiger charge is 2.24. The lowest BCUT2D eigenvalue weighted by Gasteiger charge is -2.39. The summed E-state index contributed by atoms with van der Waals surface area (Å²) in [5.74, 6) is 0.562. The van der Waals surface area contributed by atoms with Crippen LogP contribution in [0.3, 0.4) is 0 Å². The summed E-state index contributed by atoms with van der Waals surface area (Å²) in [6.45, 7) is 5.50. The summed E-state index contributed by atoms with van der Waals surface area (Å²) >= 11 is 0. The van der Waals surface area contributed by atoms with E-state index in [4.69, 9.17) is 16.2 Å². The van der Waals surface area contributed by atoms with Gasteiger partial charge in [0.15, 0.2) is 0 Å². The number of anilines is 2. The van der Waals surface area contributed by atoms with E-state index < -0.39 is 5.91 Å². The number of nitrogens with two attached hydrogens (primary N) is 2. The second-order valence-electron chi connectivity index (χ2n) is 5.78. The van der Waals surface area contributed by atoms with Gasteiger partial charge in [-0.3, -0.25) is 4.79 Å². The van der Waals surface area contributed by atoms with Gasteiger partial charge in [-0.15, -0.1) is 0 Å². The number of amides is 1. The van der Waals surface area contributed by atoms with Crippen molar-refractivity contribution in [2.75, 3.05) is 43.5 Å². The van der Waals surface area contributed by atoms with E-state index in [2.05, 4.69) is 9.80 Å². The molecule has 0 bridgehead atoms. The van der Waals surface area contributed by atoms with E-state index >= 15 is 0 Å². The Balaban J connectivity index is 1.96. The number of nitrogen functional groups attached to an aromatic ring is 1. The van der Waals surface area contributed by atoms with E-state index in [9.17, 15) is 4.79 Å². The first-order valence-electron chi connectivity index (χ1n) is 7.74. The molecule has 0 unspecified atom stereocenters. The van der Waals surface area contributed by atoms with Crippen molar-refractivity contribution in [2.45, 2.75) is 6.92 Å². The van der Waals surface area contributed by atoms with Crippen LogP contribution < -0.4 is 16.4 Å². The van der Waals surface area contributed by atoms with Crippen molar-refractivity contribution < 1.29 is 9.53 Å². The number of morpholine rings is 1. The first kappa shape index (κ1) is 15.4. The molecule has 0 atom stereocenters. The Bertz CT molecular complexity index is 675. The lowest BCUT2D eigenvalue weighted by molar-refractivity contribution is -0.114. The Hall–Kier alpha value is -2.47. The SMILES string of the molecule is Cc1ccc(N2CC=C(C(N)=O)C=C2N2CCOCC2)cc1N. The Kier molecular flexibility index (Phi) is 4.25. The summed E-state index contributed by atoms with van der Waals surface area (Å²) < 4.78 is 5.43. The van der Waals surface area contributed by atoms with Gasteiger partial charge in [0.2, 0.25) is 5.91 Å². The Morgan fingerprint density at radius 3 is 2.65 bits per heavy atom. The maximum atomic E-state index is 11.6. The third kappa shape index (κ3) is 3.17. The van der Waals surface area contributed by atoms with Crippen LogP contribution >= 0.6 is 0 Å². The van der Waals surface area contributed by atoms with Crippen LogP contribution in [0.25, 0.3) is 0 Å². The minimum Gasteiger partial charge on any atom is -0.398 e. The first-order valence-corrected chi connectivity index (χ1v) is 7.74. The molecule has 1 aromatic rings. The number of aryl methyl sites for hydroxylation is 1.